The number of carbonyl (C=O) groups is 1. The molecule has 5 nitrogen and oxygen atoms in total. The van der Waals surface area contributed by atoms with Crippen molar-refractivity contribution in [2.45, 2.75) is 12.8 Å². The standard InChI is InChI=1S/C18H21FN2O3/c1-12(5-4-8-20-2)21-10-15(16(11-21)18(22)23)14-7-6-13(24-3)9-17(14)19/h4-9,15-16H,2,10-11H2,1,3H3,(H,22,23)/b8-4-,12-5+/t15-,16+/m0/s1. The summed E-state index contributed by atoms with van der Waals surface area (Å²) >= 11 is 0. The molecule has 24 heavy (non-hydrogen) atoms. The van der Waals surface area contributed by atoms with Crippen LogP contribution in [0.15, 0.2) is 47.2 Å². The van der Waals surface area contributed by atoms with Crippen LogP contribution in [0.25, 0.3) is 0 Å². The molecule has 1 saturated heterocycles. The van der Waals surface area contributed by atoms with Crippen LogP contribution >= 0.6 is 0 Å². The zero-order chi connectivity index (χ0) is 17.7. The van der Waals surface area contributed by atoms with Gasteiger partial charge >= 0.3 is 5.97 Å². The third-order valence-corrected chi connectivity index (χ3v) is 4.27. The molecular formula is C18H21FN2O3. The van der Waals surface area contributed by atoms with Crippen LogP contribution in [0.3, 0.4) is 0 Å². The van der Waals surface area contributed by atoms with Crippen LogP contribution in [0.5, 0.6) is 5.75 Å². The normalized spacial score (nSPS) is 21.3. The first-order chi connectivity index (χ1) is 11.5. The molecule has 2 atom stereocenters. The van der Waals surface area contributed by atoms with Gasteiger partial charge in [-0.15, -0.1) is 0 Å². The molecule has 0 amide bonds. The van der Waals surface area contributed by atoms with Gasteiger partial charge in [-0.05, 0) is 37.4 Å². The predicted molar refractivity (Wildman–Crippen MR) is 90.8 cm³/mol. The van der Waals surface area contributed by atoms with Gasteiger partial charge in [0, 0.05) is 37.0 Å². The Morgan fingerprint density at radius 2 is 2.25 bits per heavy atom. The summed E-state index contributed by atoms with van der Waals surface area (Å²) in [5.74, 6) is -2.04. The molecule has 128 valence electrons. The second kappa shape index (κ2) is 7.77. The van der Waals surface area contributed by atoms with Gasteiger partial charge in [0.15, 0.2) is 0 Å². The van der Waals surface area contributed by atoms with Crippen molar-refractivity contribution in [3.05, 3.63) is 53.6 Å². The minimum atomic E-state index is -0.922. The maximum atomic E-state index is 14.4. The lowest BCUT2D eigenvalue weighted by Gasteiger charge is -2.19. The van der Waals surface area contributed by atoms with Gasteiger partial charge in [0.25, 0.3) is 0 Å². The van der Waals surface area contributed by atoms with Crippen LogP contribution in [0.2, 0.25) is 0 Å². The molecule has 1 heterocycles. The number of halogens is 1. The monoisotopic (exact) mass is 332 g/mol. The fraction of sp³-hybridized carbons (Fsp3) is 0.333. The summed E-state index contributed by atoms with van der Waals surface area (Å²) in [5.41, 5.74) is 1.30. The summed E-state index contributed by atoms with van der Waals surface area (Å²) in [7, 11) is 1.46. The fourth-order valence-corrected chi connectivity index (χ4v) is 2.94. The Labute approximate surface area is 140 Å². The molecule has 6 heteroatoms. The van der Waals surface area contributed by atoms with Crippen molar-refractivity contribution in [3.8, 4) is 5.75 Å². The Balaban J connectivity index is 2.28. The molecular weight excluding hydrogens is 311 g/mol. The number of carboxylic acids is 1. The number of rotatable bonds is 6. The highest BCUT2D eigenvalue weighted by molar-refractivity contribution is 5.72. The lowest BCUT2D eigenvalue weighted by molar-refractivity contribution is -0.141. The molecule has 0 unspecified atom stereocenters. The zero-order valence-electron chi connectivity index (χ0n) is 13.8. The van der Waals surface area contributed by atoms with Crippen LogP contribution in [0.4, 0.5) is 4.39 Å². The lowest BCUT2D eigenvalue weighted by atomic mass is 9.88. The van der Waals surface area contributed by atoms with Crippen molar-refractivity contribution >= 4 is 12.7 Å². The van der Waals surface area contributed by atoms with Crippen LogP contribution in [0.1, 0.15) is 18.4 Å². The summed E-state index contributed by atoms with van der Waals surface area (Å²) in [4.78, 5) is 17.2. The van der Waals surface area contributed by atoms with Gasteiger partial charge in [-0.3, -0.25) is 9.79 Å². The van der Waals surface area contributed by atoms with Crippen molar-refractivity contribution in [2.75, 3.05) is 20.2 Å². The maximum absolute atomic E-state index is 14.4. The number of hydrogen-bond donors (Lipinski definition) is 1. The van der Waals surface area contributed by atoms with E-state index in [1.807, 2.05) is 17.9 Å². The third-order valence-electron chi connectivity index (χ3n) is 4.27. The molecule has 0 aromatic heterocycles. The van der Waals surface area contributed by atoms with Gasteiger partial charge in [-0.2, -0.15) is 0 Å². The van der Waals surface area contributed by atoms with E-state index in [4.69, 9.17) is 4.74 Å². The Morgan fingerprint density at radius 3 is 2.83 bits per heavy atom. The van der Waals surface area contributed by atoms with Gasteiger partial charge in [-0.25, -0.2) is 4.39 Å². The molecule has 0 radical (unpaired) electrons. The first kappa shape index (κ1) is 17.7. The number of likely N-dealkylation sites (tertiary alicyclic amines) is 1. The van der Waals surface area contributed by atoms with Crippen LogP contribution in [0, 0.1) is 11.7 Å². The number of hydrogen-bond acceptors (Lipinski definition) is 4. The van der Waals surface area contributed by atoms with Gasteiger partial charge in [0.05, 0.1) is 13.0 Å². The Morgan fingerprint density at radius 1 is 1.50 bits per heavy atom. The molecule has 1 fully saturated rings. The summed E-state index contributed by atoms with van der Waals surface area (Å²) in [6.45, 7) is 6.02. The van der Waals surface area contributed by atoms with E-state index >= 15 is 0 Å². The highest BCUT2D eigenvalue weighted by Crippen LogP contribution is 2.36. The number of aliphatic imine (C=N–C) groups is 1. The first-order valence-electron chi connectivity index (χ1n) is 7.58. The maximum Gasteiger partial charge on any atom is 0.308 e. The molecule has 1 aromatic carbocycles. The van der Waals surface area contributed by atoms with Crippen molar-refractivity contribution in [3.63, 3.8) is 0 Å². The van der Waals surface area contributed by atoms with Crippen molar-refractivity contribution < 1.29 is 19.0 Å². The third kappa shape index (κ3) is 3.82. The molecule has 1 aromatic rings. The molecule has 0 aliphatic carbocycles. The lowest BCUT2D eigenvalue weighted by Crippen LogP contribution is -2.22. The van der Waals surface area contributed by atoms with Gasteiger partial charge in [0.2, 0.25) is 0 Å². The molecule has 0 bridgehead atoms. The summed E-state index contributed by atoms with van der Waals surface area (Å²) < 4.78 is 19.4. The highest BCUT2D eigenvalue weighted by Gasteiger charge is 2.39. The Hall–Kier alpha value is -2.63. The number of nitrogens with zero attached hydrogens (tertiary/aromatic N) is 2. The molecule has 1 N–H and O–H groups in total. The van der Waals surface area contributed by atoms with Gasteiger partial charge < -0.3 is 14.7 Å². The van der Waals surface area contributed by atoms with Crippen LogP contribution in [-0.4, -0.2) is 42.9 Å². The van der Waals surface area contributed by atoms with Crippen molar-refractivity contribution in [1.82, 2.24) is 4.90 Å². The zero-order valence-corrected chi connectivity index (χ0v) is 13.8. The minimum absolute atomic E-state index is 0.336. The van der Waals surface area contributed by atoms with Crippen LogP contribution in [-0.2, 0) is 4.79 Å². The number of benzene rings is 1. The highest BCUT2D eigenvalue weighted by atomic mass is 19.1. The topological polar surface area (TPSA) is 62.1 Å². The number of allylic oxidation sites excluding steroid dienone is 3. The molecule has 0 spiro atoms. The fourth-order valence-electron chi connectivity index (χ4n) is 2.94. The average molecular weight is 332 g/mol. The summed E-state index contributed by atoms with van der Waals surface area (Å²) in [5, 5.41) is 9.52. The molecule has 1 aliphatic heterocycles. The second-order valence-corrected chi connectivity index (χ2v) is 5.68. The smallest absolute Gasteiger partial charge is 0.308 e. The molecule has 2 rings (SSSR count). The van der Waals surface area contributed by atoms with Gasteiger partial charge in [0.1, 0.15) is 11.6 Å². The van der Waals surface area contributed by atoms with E-state index in [1.165, 1.54) is 13.2 Å². The molecule has 0 saturated carbocycles. The van der Waals surface area contributed by atoms with E-state index in [2.05, 4.69) is 11.7 Å². The van der Waals surface area contributed by atoms with E-state index in [-0.39, 0.29) is 0 Å². The number of aliphatic carboxylic acids is 1. The van der Waals surface area contributed by atoms with E-state index in [1.54, 1.807) is 24.4 Å². The van der Waals surface area contributed by atoms with Crippen molar-refractivity contribution in [2.24, 2.45) is 10.9 Å². The van der Waals surface area contributed by atoms with Gasteiger partial charge in [-0.1, -0.05) is 6.07 Å². The summed E-state index contributed by atoms with van der Waals surface area (Å²) in [6.07, 6.45) is 5.12. The number of ether oxygens (including phenoxy) is 1. The minimum Gasteiger partial charge on any atom is -0.497 e. The average Bonchev–Trinajstić information content (AvgIpc) is 3.00. The van der Waals surface area contributed by atoms with E-state index < -0.39 is 23.6 Å². The predicted octanol–water partition coefficient (Wildman–Crippen LogP) is 3.05. The second-order valence-electron chi connectivity index (χ2n) is 5.68. The number of carboxylic acid groups (broad SMARTS) is 1. The quantitative estimate of drug-likeness (QED) is 0.642. The number of methoxy groups -OCH3 is 1. The SMILES string of the molecule is C=N/C=C\C=C(/C)N1C[C@@H](C(=O)O)[C@H](c2ccc(OC)cc2F)C1. The largest absolute Gasteiger partial charge is 0.497 e. The Bertz CT molecular complexity index is 685. The molecule has 1 aliphatic rings. The van der Waals surface area contributed by atoms with Crippen LogP contribution < -0.4 is 4.74 Å². The van der Waals surface area contributed by atoms with Crippen molar-refractivity contribution in [1.29, 1.82) is 0 Å². The van der Waals surface area contributed by atoms with E-state index in [9.17, 15) is 14.3 Å². The Kier molecular flexibility index (Phi) is 5.73. The van der Waals surface area contributed by atoms with E-state index in [0.717, 1.165) is 5.70 Å². The first-order valence-corrected chi connectivity index (χ1v) is 7.58. The van der Waals surface area contributed by atoms with E-state index in [0.29, 0.717) is 24.4 Å². The summed E-state index contributed by atoms with van der Waals surface area (Å²) in [6, 6.07) is 4.55.